The maximum atomic E-state index is 12.2. The Morgan fingerprint density at radius 1 is 1.39 bits per heavy atom. The first-order valence-electron chi connectivity index (χ1n) is 7.15. The van der Waals surface area contributed by atoms with Crippen molar-refractivity contribution < 1.29 is 23.9 Å². The van der Waals surface area contributed by atoms with Gasteiger partial charge in [-0.1, -0.05) is 6.92 Å². The van der Waals surface area contributed by atoms with E-state index < -0.39 is 11.7 Å². The zero-order chi connectivity index (χ0) is 17.6. The van der Waals surface area contributed by atoms with E-state index in [-0.39, 0.29) is 30.4 Å². The lowest BCUT2D eigenvalue weighted by molar-refractivity contribution is -0.130. The van der Waals surface area contributed by atoms with Gasteiger partial charge >= 0.3 is 6.09 Å². The Bertz CT molecular complexity index is 556. The molecular weight excluding hydrogens is 302 g/mol. The van der Waals surface area contributed by atoms with Crippen LogP contribution in [0.1, 0.15) is 46.0 Å². The van der Waals surface area contributed by atoms with Crippen molar-refractivity contribution in [3.05, 3.63) is 18.2 Å². The lowest BCUT2D eigenvalue weighted by Crippen LogP contribution is -2.39. The minimum atomic E-state index is -0.628. The number of likely N-dealkylation sites (tertiary alicyclic amines) is 1. The normalized spacial score (nSPS) is 20.5. The number of carbonyl (C=O) groups is 4. The number of imide groups is 1. The highest BCUT2D eigenvalue weighted by atomic mass is 16.6. The van der Waals surface area contributed by atoms with Crippen LogP contribution in [-0.2, 0) is 19.1 Å². The second-order valence-electron chi connectivity index (χ2n) is 6.09. The summed E-state index contributed by atoms with van der Waals surface area (Å²) in [7, 11) is 0. The Labute approximate surface area is 134 Å². The fraction of sp³-hybridized carbons (Fsp3) is 0.533. The summed E-state index contributed by atoms with van der Waals surface area (Å²) in [4.78, 5) is 50.2. The molecule has 1 aromatic rings. The molecule has 2 amide bonds. The maximum absolute atomic E-state index is 12.2. The molecule has 0 aromatic carbocycles. The van der Waals surface area contributed by atoms with Crippen molar-refractivity contribution >= 4 is 24.6 Å². The predicted molar refractivity (Wildman–Crippen MR) is 80.3 cm³/mol. The molecule has 8 nitrogen and oxygen atoms in total. The number of aldehydes is 2. The molecule has 126 valence electrons. The monoisotopic (exact) mass is 323 g/mol. The molecule has 1 fully saturated rings. The number of hydrogen-bond acceptors (Lipinski definition) is 6. The van der Waals surface area contributed by atoms with Gasteiger partial charge in [0.2, 0.25) is 5.91 Å². The third-order valence-corrected chi connectivity index (χ3v) is 3.03. The minimum absolute atomic E-state index is 0.194. The van der Waals surface area contributed by atoms with Gasteiger partial charge in [0.05, 0.1) is 0 Å². The summed E-state index contributed by atoms with van der Waals surface area (Å²) in [6, 6.07) is -0.368. The molecule has 2 rings (SSSR count). The molecule has 0 radical (unpaired) electrons. The number of rotatable bonds is 2. The summed E-state index contributed by atoms with van der Waals surface area (Å²) in [6.07, 6.45) is 3.63. The van der Waals surface area contributed by atoms with Gasteiger partial charge < -0.3 is 9.72 Å². The molecule has 1 saturated heterocycles. The Morgan fingerprint density at radius 2 is 2.00 bits per heavy atom. The van der Waals surface area contributed by atoms with Gasteiger partial charge in [-0.15, -0.1) is 0 Å². The van der Waals surface area contributed by atoms with Crippen molar-refractivity contribution in [3.63, 3.8) is 0 Å². The predicted octanol–water partition coefficient (Wildman–Crippen LogP) is 1.64. The largest absolute Gasteiger partial charge is 0.443 e. The summed E-state index contributed by atoms with van der Waals surface area (Å²) in [5.41, 5.74) is -0.628. The van der Waals surface area contributed by atoms with E-state index >= 15 is 0 Å². The molecule has 1 aliphatic heterocycles. The lowest BCUT2D eigenvalue weighted by Gasteiger charge is -2.26. The van der Waals surface area contributed by atoms with Crippen LogP contribution in [0, 0.1) is 5.92 Å². The van der Waals surface area contributed by atoms with E-state index in [1.807, 2.05) is 6.92 Å². The Hall–Kier alpha value is -2.51. The molecule has 23 heavy (non-hydrogen) atoms. The lowest BCUT2D eigenvalue weighted by atomic mass is 10.1. The molecule has 1 aliphatic rings. The van der Waals surface area contributed by atoms with Crippen LogP contribution in [0.25, 0.3) is 0 Å². The van der Waals surface area contributed by atoms with Crippen LogP contribution >= 0.6 is 0 Å². The number of nitrogens with one attached hydrogen (secondary N) is 1. The summed E-state index contributed by atoms with van der Waals surface area (Å²) in [5.74, 6) is 0.196. The second-order valence-corrected chi connectivity index (χ2v) is 6.09. The SMILES string of the molecule is C[C@H]1C[C@@H](c2ncc[nH]2)N(C(=O)OC(C)(C)C)C1=O.O=CC=O. The fourth-order valence-corrected chi connectivity index (χ4v) is 2.15. The molecule has 1 aromatic heterocycles. The molecule has 0 bridgehead atoms. The Kier molecular flexibility index (Phi) is 6.18. The van der Waals surface area contributed by atoms with Crippen LogP contribution in [0.5, 0.6) is 0 Å². The number of aromatic nitrogens is 2. The van der Waals surface area contributed by atoms with Crippen LogP contribution in [0.2, 0.25) is 0 Å². The van der Waals surface area contributed by atoms with E-state index in [2.05, 4.69) is 9.97 Å². The summed E-state index contributed by atoms with van der Waals surface area (Å²) in [5, 5.41) is 0. The zero-order valence-corrected chi connectivity index (χ0v) is 13.6. The van der Waals surface area contributed by atoms with Crippen molar-refractivity contribution in [3.8, 4) is 0 Å². The van der Waals surface area contributed by atoms with Crippen LogP contribution in [0.15, 0.2) is 12.4 Å². The summed E-state index contributed by atoms with van der Waals surface area (Å²) in [6.45, 7) is 7.13. The van der Waals surface area contributed by atoms with Gasteiger partial charge in [0.1, 0.15) is 17.5 Å². The third-order valence-electron chi connectivity index (χ3n) is 3.03. The van der Waals surface area contributed by atoms with E-state index in [1.54, 1.807) is 33.2 Å². The van der Waals surface area contributed by atoms with E-state index in [0.29, 0.717) is 12.2 Å². The van der Waals surface area contributed by atoms with Crippen molar-refractivity contribution in [1.82, 2.24) is 14.9 Å². The second kappa shape index (κ2) is 7.66. The number of imidazole rings is 1. The van der Waals surface area contributed by atoms with Gasteiger partial charge in [0, 0.05) is 18.3 Å². The highest BCUT2D eigenvalue weighted by Crippen LogP contribution is 2.35. The number of H-pyrrole nitrogens is 1. The Balaban J connectivity index is 0.000000593. The molecule has 0 unspecified atom stereocenters. The summed E-state index contributed by atoms with van der Waals surface area (Å²) < 4.78 is 5.29. The minimum Gasteiger partial charge on any atom is -0.443 e. The average molecular weight is 323 g/mol. The number of amides is 2. The van der Waals surface area contributed by atoms with Crippen LogP contribution in [0.4, 0.5) is 4.79 Å². The van der Waals surface area contributed by atoms with Gasteiger partial charge in [0.15, 0.2) is 12.6 Å². The molecule has 8 heteroatoms. The van der Waals surface area contributed by atoms with E-state index in [1.165, 1.54) is 4.90 Å². The van der Waals surface area contributed by atoms with Gasteiger partial charge in [-0.3, -0.25) is 14.4 Å². The first-order valence-corrected chi connectivity index (χ1v) is 7.15. The van der Waals surface area contributed by atoms with Crippen molar-refractivity contribution in [2.75, 3.05) is 0 Å². The van der Waals surface area contributed by atoms with E-state index in [9.17, 15) is 9.59 Å². The molecule has 0 spiro atoms. The van der Waals surface area contributed by atoms with Crippen LogP contribution < -0.4 is 0 Å². The topological polar surface area (TPSA) is 109 Å². The summed E-state index contributed by atoms with van der Waals surface area (Å²) >= 11 is 0. The van der Waals surface area contributed by atoms with Crippen LogP contribution in [-0.4, -0.2) is 45.0 Å². The molecule has 1 N–H and O–H groups in total. The average Bonchev–Trinajstić information content (AvgIpc) is 3.06. The quantitative estimate of drug-likeness (QED) is 0.654. The highest BCUT2D eigenvalue weighted by molar-refractivity contribution is 6.09. The zero-order valence-electron chi connectivity index (χ0n) is 13.6. The highest BCUT2D eigenvalue weighted by Gasteiger charge is 2.44. The van der Waals surface area contributed by atoms with E-state index in [4.69, 9.17) is 14.3 Å². The van der Waals surface area contributed by atoms with Gasteiger partial charge in [-0.2, -0.15) is 0 Å². The van der Waals surface area contributed by atoms with Gasteiger partial charge in [0.25, 0.3) is 0 Å². The molecular formula is C15H21N3O5. The molecule has 0 aliphatic carbocycles. The molecule has 2 heterocycles. The van der Waals surface area contributed by atoms with Crippen LogP contribution in [0.3, 0.4) is 0 Å². The van der Waals surface area contributed by atoms with Crippen molar-refractivity contribution in [1.29, 1.82) is 0 Å². The maximum Gasteiger partial charge on any atom is 0.417 e. The number of ether oxygens (including phenoxy) is 1. The Morgan fingerprint density at radius 3 is 2.43 bits per heavy atom. The first kappa shape index (κ1) is 18.5. The van der Waals surface area contributed by atoms with Gasteiger partial charge in [-0.25, -0.2) is 14.7 Å². The number of hydrogen-bond donors (Lipinski definition) is 1. The third kappa shape index (κ3) is 5.01. The van der Waals surface area contributed by atoms with Crippen molar-refractivity contribution in [2.45, 2.75) is 45.8 Å². The number of nitrogens with zero attached hydrogens (tertiary/aromatic N) is 2. The number of carbonyl (C=O) groups excluding carboxylic acids is 4. The first-order chi connectivity index (χ1) is 10.7. The van der Waals surface area contributed by atoms with Crippen molar-refractivity contribution in [2.24, 2.45) is 5.92 Å². The standard InChI is InChI=1S/C13H19N3O3.C2H2O2/c1-8-7-9(10-14-5-6-15-10)16(11(8)17)12(18)19-13(2,3)4;3-1-2-4/h5-6,8-9H,7H2,1-4H3,(H,14,15);1-2H/t8-,9-;/m0./s1. The van der Waals surface area contributed by atoms with Gasteiger partial charge in [-0.05, 0) is 27.2 Å². The van der Waals surface area contributed by atoms with E-state index in [0.717, 1.165) is 0 Å². The number of aromatic amines is 1. The molecule has 2 atom stereocenters. The molecule has 0 saturated carbocycles. The smallest absolute Gasteiger partial charge is 0.417 e. The fourth-order valence-electron chi connectivity index (χ4n) is 2.15.